The molecule has 1 aromatic carbocycles. The molecule has 0 aliphatic carbocycles. The minimum absolute atomic E-state index is 0.148. The minimum atomic E-state index is -2.99. The van der Waals surface area contributed by atoms with Gasteiger partial charge in [0.2, 0.25) is 5.95 Å². The summed E-state index contributed by atoms with van der Waals surface area (Å²) in [5, 5.41) is 5.06. The molecule has 4 heterocycles. The van der Waals surface area contributed by atoms with Gasteiger partial charge in [0.05, 0.1) is 18.4 Å². The van der Waals surface area contributed by atoms with E-state index in [-0.39, 0.29) is 18.2 Å². The average Bonchev–Trinajstić information content (AvgIpc) is 2.85. The van der Waals surface area contributed by atoms with Crippen LogP contribution in [0, 0.1) is 5.92 Å². The highest BCUT2D eigenvalue weighted by atomic mass is 32.2. The number of anilines is 4. The maximum Gasteiger partial charge on any atom is 0.227 e. The molecule has 0 spiro atoms. The molecule has 41 heavy (non-hydrogen) atoms. The zero-order chi connectivity index (χ0) is 29.5. The van der Waals surface area contributed by atoms with Crippen LogP contribution in [0.3, 0.4) is 0 Å². The van der Waals surface area contributed by atoms with Crippen molar-refractivity contribution in [3.05, 3.63) is 42.2 Å². The Morgan fingerprint density at radius 2 is 1.85 bits per heavy atom. The highest BCUT2D eigenvalue weighted by molar-refractivity contribution is 7.90. The van der Waals surface area contributed by atoms with Crippen molar-refractivity contribution in [2.75, 3.05) is 53.3 Å². The molecule has 1 N–H and O–H groups in total. The lowest BCUT2D eigenvalue weighted by Crippen LogP contribution is -2.50. The predicted molar refractivity (Wildman–Crippen MR) is 172 cm³/mol. The third kappa shape index (κ3) is 7.14. The molecule has 2 aliphatic heterocycles. The third-order valence-corrected chi connectivity index (χ3v) is 8.62. The molecule has 0 amide bonds. The van der Waals surface area contributed by atoms with Gasteiger partial charge in [0, 0.05) is 55.3 Å². The Hall–Kier alpha value is -2.86. The van der Waals surface area contributed by atoms with E-state index in [0.29, 0.717) is 49.6 Å². The van der Waals surface area contributed by atoms with E-state index in [2.05, 4.69) is 46.2 Å². The summed E-state index contributed by atoms with van der Waals surface area (Å²) in [6, 6.07) is 8.09. The molecule has 2 aromatic heterocycles. The SMILES string of the molecule is BC(B)(B)O[C@@H]1CCN(c2nccc(Nc3cc4c(C(C)C)ccc(N5CC(CS(C)(=O)=O)C5)c4cn3)n2)C[C@@H]1F. The van der Waals surface area contributed by atoms with Gasteiger partial charge >= 0.3 is 0 Å². The number of rotatable bonds is 9. The van der Waals surface area contributed by atoms with Crippen LogP contribution in [0.25, 0.3) is 10.8 Å². The molecule has 5 rings (SSSR count). The molecular formula is C27H38B3FN6O3S. The maximum atomic E-state index is 14.9. The van der Waals surface area contributed by atoms with Crippen LogP contribution < -0.4 is 15.1 Å². The first-order valence-corrected chi connectivity index (χ1v) is 16.3. The number of sulfone groups is 1. The number of hydrogen-bond donors (Lipinski definition) is 1. The zero-order valence-electron chi connectivity index (χ0n) is 24.8. The zero-order valence-corrected chi connectivity index (χ0v) is 25.6. The van der Waals surface area contributed by atoms with Gasteiger partial charge in [-0.2, -0.15) is 4.98 Å². The highest BCUT2D eigenvalue weighted by Crippen LogP contribution is 2.37. The molecule has 14 heteroatoms. The van der Waals surface area contributed by atoms with E-state index in [4.69, 9.17) is 9.72 Å². The highest BCUT2D eigenvalue weighted by Gasteiger charge is 2.34. The van der Waals surface area contributed by atoms with Crippen molar-refractivity contribution in [3.63, 3.8) is 0 Å². The van der Waals surface area contributed by atoms with E-state index in [9.17, 15) is 12.8 Å². The van der Waals surface area contributed by atoms with E-state index < -0.39 is 27.4 Å². The number of pyridine rings is 1. The van der Waals surface area contributed by atoms with Crippen LogP contribution in [-0.2, 0) is 14.6 Å². The molecule has 2 atom stereocenters. The number of halogens is 1. The van der Waals surface area contributed by atoms with Crippen LogP contribution in [0.2, 0.25) is 0 Å². The van der Waals surface area contributed by atoms with Gasteiger partial charge in [0.15, 0.2) is 0 Å². The quantitative estimate of drug-likeness (QED) is 0.370. The molecule has 0 unspecified atom stereocenters. The van der Waals surface area contributed by atoms with Crippen molar-refractivity contribution in [2.45, 2.75) is 43.8 Å². The van der Waals surface area contributed by atoms with E-state index in [1.807, 2.05) is 40.7 Å². The van der Waals surface area contributed by atoms with Gasteiger partial charge in [-0.05, 0) is 46.8 Å². The van der Waals surface area contributed by atoms with Crippen molar-refractivity contribution < 1.29 is 17.5 Å². The molecule has 2 fully saturated rings. The summed E-state index contributed by atoms with van der Waals surface area (Å²) >= 11 is 0. The van der Waals surface area contributed by atoms with Crippen LogP contribution in [0.5, 0.6) is 0 Å². The van der Waals surface area contributed by atoms with E-state index >= 15 is 0 Å². The van der Waals surface area contributed by atoms with Gasteiger partial charge < -0.3 is 19.9 Å². The summed E-state index contributed by atoms with van der Waals surface area (Å²) in [7, 11) is 2.84. The fourth-order valence-corrected chi connectivity index (χ4v) is 6.81. The first-order chi connectivity index (χ1) is 19.3. The van der Waals surface area contributed by atoms with Crippen molar-refractivity contribution in [1.82, 2.24) is 15.0 Å². The van der Waals surface area contributed by atoms with Crippen LogP contribution in [0.4, 0.5) is 27.7 Å². The van der Waals surface area contributed by atoms with Gasteiger partial charge in [-0.15, -0.1) is 0 Å². The van der Waals surface area contributed by atoms with Crippen molar-refractivity contribution >= 4 is 67.4 Å². The lowest BCUT2D eigenvalue weighted by atomic mass is 9.52. The van der Waals surface area contributed by atoms with Crippen LogP contribution in [0.1, 0.15) is 31.7 Å². The number of nitrogens with one attached hydrogen (secondary N) is 1. The number of benzene rings is 1. The largest absolute Gasteiger partial charge is 0.394 e. The Bertz CT molecular complexity index is 1520. The van der Waals surface area contributed by atoms with Gasteiger partial charge in [0.1, 0.15) is 51.2 Å². The van der Waals surface area contributed by atoms with Gasteiger partial charge in [0.25, 0.3) is 0 Å². The van der Waals surface area contributed by atoms with Crippen molar-refractivity contribution in [1.29, 1.82) is 0 Å². The summed E-state index contributed by atoms with van der Waals surface area (Å²) in [4.78, 5) is 17.9. The molecule has 9 nitrogen and oxygen atoms in total. The average molecular weight is 578 g/mol. The van der Waals surface area contributed by atoms with E-state index in [0.717, 1.165) is 16.5 Å². The van der Waals surface area contributed by atoms with Crippen LogP contribution in [-0.4, -0.2) is 103 Å². The smallest absolute Gasteiger partial charge is 0.227 e. The Morgan fingerprint density at radius 3 is 2.51 bits per heavy atom. The Labute approximate surface area is 244 Å². The topological polar surface area (TPSA) is 101 Å². The van der Waals surface area contributed by atoms with Gasteiger partial charge in [-0.25, -0.2) is 22.8 Å². The van der Waals surface area contributed by atoms with Crippen molar-refractivity contribution in [2.24, 2.45) is 5.92 Å². The monoisotopic (exact) mass is 578 g/mol. The van der Waals surface area contributed by atoms with Gasteiger partial charge in [-0.3, -0.25) is 0 Å². The predicted octanol–water partition coefficient (Wildman–Crippen LogP) is 0.817. The summed E-state index contributed by atoms with van der Waals surface area (Å²) in [6.45, 7) is 6.55. The maximum absolute atomic E-state index is 14.9. The van der Waals surface area contributed by atoms with E-state index in [1.165, 1.54) is 11.8 Å². The number of nitrogens with zero attached hydrogens (tertiary/aromatic N) is 5. The number of aromatic nitrogens is 3. The summed E-state index contributed by atoms with van der Waals surface area (Å²) in [5.41, 5.74) is 2.28. The van der Waals surface area contributed by atoms with Crippen LogP contribution in [0.15, 0.2) is 36.7 Å². The fraction of sp³-hybridized carbons (Fsp3) is 0.519. The lowest BCUT2D eigenvalue weighted by Gasteiger charge is -2.41. The number of ether oxygens (including phenoxy) is 1. The molecule has 2 saturated heterocycles. The number of hydrogen-bond acceptors (Lipinski definition) is 9. The summed E-state index contributed by atoms with van der Waals surface area (Å²) in [6.07, 6.45) is 3.85. The number of alkyl halides is 1. The Kier molecular flexibility index (Phi) is 8.26. The first kappa shape index (κ1) is 29.6. The van der Waals surface area contributed by atoms with Crippen molar-refractivity contribution in [3.8, 4) is 0 Å². The standard InChI is InChI=1S/C27H38B3FN6O3S/c1-16(2)18-4-5-22(37-12-17(13-37)15-41(3,38)39)20-11-33-25(10-19(18)20)34-24-6-8-32-26(35-24)36-9-7-23(21(31)14-36)40-27(28,29)30/h4-6,8,10-11,16-17,21,23H,7,9,12-15,28-30H2,1-3H3,(H,32,33,34,35)/t21-,23+/m0/s1. The molecular weight excluding hydrogens is 540 g/mol. The normalized spacial score (nSPS) is 20.4. The molecule has 3 aromatic rings. The summed E-state index contributed by atoms with van der Waals surface area (Å²) in [5.74, 6) is 2.38. The lowest BCUT2D eigenvalue weighted by molar-refractivity contribution is -0.0185. The molecule has 216 valence electrons. The second-order valence-electron chi connectivity index (χ2n) is 12.7. The minimum Gasteiger partial charge on any atom is -0.394 e. The Balaban J connectivity index is 1.33. The summed E-state index contributed by atoms with van der Waals surface area (Å²) < 4.78 is 44.3. The molecule has 0 bridgehead atoms. The first-order valence-electron chi connectivity index (χ1n) is 14.3. The second-order valence-corrected chi connectivity index (χ2v) is 14.9. The molecule has 0 radical (unpaired) electrons. The van der Waals surface area contributed by atoms with Gasteiger partial charge in [-0.1, -0.05) is 19.9 Å². The molecule has 2 aliphatic rings. The number of piperidine rings is 1. The third-order valence-electron chi connectivity index (χ3n) is 7.54. The second kappa shape index (κ2) is 11.4. The fourth-order valence-electron chi connectivity index (χ4n) is 5.75. The van der Waals surface area contributed by atoms with E-state index in [1.54, 1.807) is 12.3 Å². The Morgan fingerprint density at radius 1 is 1.10 bits per heavy atom. The number of fused-ring (bicyclic) bond motifs is 1. The van der Waals surface area contributed by atoms with Crippen LogP contribution >= 0.6 is 0 Å². The molecule has 0 saturated carbocycles.